The van der Waals surface area contributed by atoms with Crippen molar-refractivity contribution in [3.8, 4) is 0 Å². The first-order valence-electron chi connectivity index (χ1n) is 6.39. The van der Waals surface area contributed by atoms with Crippen molar-refractivity contribution in [1.82, 2.24) is 10.2 Å². The molecule has 6 heteroatoms. The number of hydrogen-bond acceptors (Lipinski definition) is 4. The van der Waals surface area contributed by atoms with Gasteiger partial charge in [-0.3, -0.25) is 9.59 Å². The minimum Gasteiger partial charge on any atom is -0.467 e. The van der Waals surface area contributed by atoms with Gasteiger partial charge in [0.15, 0.2) is 0 Å². The number of rotatable bonds is 4. The molecular weight excluding hydrogens is 248 g/mol. The summed E-state index contributed by atoms with van der Waals surface area (Å²) in [6.45, 7) is 7.38. The van der Waals surface area contributed by atoms with Crippen molar-refractivity contribution in [2.75, 3.05) is 13.7 Å². The van der Waals surface area contributed by atoms with E-state index in [-0.39, 0.29) is 24.3 Å². The Balaban J connectivity index is 2.66. The molecule has 1 aliphatic rings. The van der Waals surface area contributed by atoms with Crippen molar-refractivity contribution < 1.29 is 19.1 Å². The third-order valence-electron chi connectivity index (χ3n) is 3.28. The van der Waals surface area contributed by atoms with E-state index in [1.165, 1.54) is 7.11 Å². The molecule has 0 unspecified atom stereocenters. The molecule has 0 spiro atoms. The zero-order valence-electron chi connectivity index (χ0n) is 12.1. The number of hydrogen-bond donors (Lipinski definition) is 1. The second kappa shape index (κ2) is 5.59. The van der Waals surface area contributed by atoms with Gasteiger partial charge in [0.25, 0.3) is 0 Å². The molecule has 19 heavy (non-hydrogen) atoms. The first-order valence-corrected chi connectivity index (χ1v) is 6.39. The van der Waals surface area contributed by atoms with E-state index in [1.807, 2.05) is 13.8 Å². The van der Waals surface area contributed by atoms with Crippen molar-refractivity contribution in [2.24, 2.45) is 5.92 Å². The number of nitrogens with one attached hydrogen (secondary N) is 1. The molecular formula is C13H22N2O4. The lowest BCUT2D eigenvalue weighted by molar-refractivity contribution is -0.149. The van der Waals surface area contributed by atoms with E-state index in [2.05, 4.69) is 10.1 Å². The van der Waals surface area contributed by atoms with E-state index in [0.29, 0.717) is 6.54 Å². The zero-order valence-corrected chi connectivity index (χ0v) is 12.1. The van der Waals surface area contributed by atoms with Crippen LogP contribution in [0.5, 0.6) is 0 Å². The molecule has 0 aromatic carbocycles. The summed E-state index contributed by atoms with van der Waals surface area (Å²) in [7, 11) is 1.27. The van der Waals surface area contributed by atoms with E-state index in [4.69, 9.17) is 0 Å². The summed E-state index contributed by atoms with van der Waals surface area (Å²) in [5.41, 5.74) is -1.08. The summed E-state index contributed by atoms with van der Waals surface area (Å²) in [5, 5.41) is 2.64. The van der Waals surface area contributed by atoms with Crippen LogP contribution >= 0.6 is 0 Å². The van der Waals surface area contributed by atoms with Gasteiger partial charge in [-0.1, -0.05) is 0 Å². The van der Waals surface area contributed by atoms with Gasteiger partial charge in [0, 0.05) is 19.0 Å². The van der Waals surface area contributed by atoms with Gasteiger partial charge in [-0.15, -0.1) is 0 Å². The van der Waals surface area contributed by atoms with Crippen molar-refractivity contribution >= 4 is 17.8 Å². The van der Waals surface area contributed by atoms with Gasteiger partial charge in [-0.2, -0.15) is 0 Å². The Morgan fingerprint density at radius 2 is 2.00 bits per heavy atom. The lowest BCUT2D eigenvalue weighted by Crippen LogP contribution is -2.52. The van der Waals surface area contributed by atoms with Gasteiger partial charge in [0.05, 0.1) is 13.0 Å². The maximum absolute atomic E-state index is 12.1. The average Bonchev–Trinajstić information content (AvgIpc) is 2.69. The van der Waals surface area contributed by atoms with Gasteiger partial charge < -0.3 is 15.0 Å². The highest BCUT2D eigenvalue weighted by molar-refractivity contribution is 5.92. The van der Waals surface area contributed by atoms with E-state index in [9.17, 15) is 14.4 Å². The number of carbonyl (C=O) groups excluding carboxylic acids is 3. The molecule has 0 bridgehead atoms. The summed E-state index contributed by atoms with van der Waals surface area (Å²) >= 11 is 0. The van der Waals surface area contributed by atoms with Crippen LogP contribution in [0.3, 0.4) is 0 Å². The van der Waals surface area contributed by atoms with E-state index >= 15 is 0 Å². The Kier molecular flexibility index (Phi) is 4.55. The molecule has 0 radical (unpaired) electrons. The lowest BCUT2D eigenvalue weighted by Gasteiger charge is -2.25. The molecule has 1 fully saturated rings. The topological polar surface area (TPSA) is 75.7 Å². The Hall–Kier alpha value is -1.59. The van der Waals surface area contributed by atoms with E-state index in [0.717, 1.165) is 0 Å². The molecule has 0 aliphatic carbocycles. The van der Waals surface area contributed by atoms with Crippen molar-refractivity contribution in [1.29, 1.82) is 0 Å². The molecule has 1 aliphatic heterocycles. The van der Waals surface area contributed by atoms with Gasteiger partial charge in [-0.05, 0) is 27.7 Å². The first kappa shape index (κ1) is 15.5. The second-order valence-corrected chi connectivity index (χ2v) is 5.65. The third-order valence-corrected chi connectivity index (χ3v) is 3.28. The molecule has 0 aromatic heterocycles. The molecule has 1 rings (SSSR count). The predicted molar refractivity (Wildman–Crippen MR) is 69.2 cm³/mol. The maximum Gasteiger partial charge on any atom is 0.330 e. The molecule has 0 saturated carbocycles. The fourth-order valence-corrected chi connectivity index (χ4v) is 2.12. The van der Waals surface area contributed by atoms with Crippen LogP contribution < -0.4 is 5.32 Å². The zero-order chi connectivity index (χ0) is 14.8. The Labute approximate surface area is 113 Å². The van der Waals surface area contributed by atoms with Gasteiger partial charge in [-0.25, -0.2) is 4.79 Å². The van der Waals surface area contributed by atoms with Crippen LogP contribution in [0.4, 0.5) is 0 Å². The summed E-state index contributed by atoms with van der Waals surface area (Å²) in [6.07, 6.45) is 0.196. The second-order valence-electron chi connectivity index (χ2n) is 5.65. The van der Waals surface area contributed by atoms with Crippen molar-refractivity contribution in [2.45, 2.75) is 45.7 Å². The molecule has 0 aromatic rings. The molecule has 6 nitrogen and oxygen atoms in total. The highest BCUT2D eigenvalue weighted by Crippen LogP contribution is 2.21. The van der Waals surface area contributed by atoms with Crippen molar-refractivity contribution in [3.05, 3.63) is 0 Å². The van der Waals surface area contributed by atoms with Crippen LogP contribution in [-0.2, 0) is 19.1 Å². The third kappa shape index (κ3) is 3.45. The first-order chi connectivity index (χ1) is 8.69. The van der Waals surface area contributed by atoms with Gasteiger partial charge in [0.1, 0.15) is 5.54 Å². The fraction of sp³-hybridized carbons (Fsp3) is 0.769. The molecule has 1 atom stereocenters. The molecule has 2 amide bonds. The number of likely N-dealkylation sites (tertiary alicyclic amines) is 1. The standard InChI is InChI=1S/C13H22N2O4/c1-8(2)15-7-9(6-10(15)16)11(17)14-13(3,4)12(18)19-5/h8-9H,6-7H2,1-5H3,(H,14,17)/t9-/m1/s1. The lowest BCUT2D eigenvalue weighted by atomic mass is 10.0. The monoisotopic (exact) mass is 270 g/mol. The number of methoxy groups -OCH3 is 1. The predicted octanol–water partition coefficient (Wildman–Crippen LogP) is 0.311. The Morgan fingerprint density at radius 3 is 2.42 bits per heavy atom. The van der Waals surface area contributed by atoms with Gasteiger partial charge >= 0.3 is 5.97 Å². The van der Waals surface area contributed by atoms with Crippen LogP contribution in [0.2, 0.25) is 0 Å². The number of nitrogens with zero attached hydrogens (tertiary/aromatic N) is 1. The number of carbonyl (C=O) groups is 3. The quantitative estimate of drug-likeness (QED) is 0.746. The molecule has 108 valence electrons. The normalized spacial score (nSPS) is 19.8. The Morgan fingerprint density at radius 1 is 1.42 bits per heavy atom. The minimum absolute atomic E-state index is 0.0222. The van der Waals surface area contributed by atoms with E-state index in [1.54, 1.807) is 18.7 Å². The molecule has 1 saturated heterocycles. The fourth-order valence-electron chi connectivity index (χ4n) is 2.12. The smallest absolute Gasteiger partial charge is 0.330 e. The van der Waals surface area contributed by atoms with Gasteiger partial charge in [0.2, 0.25) is 11.8 Å². The number of amides is 2. The van der Waals surface area contributed by atoms with Crippen molar-refractivity contribution in [3.63, 3.8) is 0 Å². The highest BCUT2D eigenvalue weighted by Gasteiger charge is 2.39. The van der Waals surface area contributed by atoms with Crippen LogP contribution in [0.25, 0.3) is 0 Å². The molecule has 1 N–H and O–H groups in total. The number of ether oxygens (including phenoxy) is 1. The Bertz CT molecular complexity index is 390. The SMILES string of the molecule is COC(=O)C(C)(C)NC(=O)[C@@H]1CC(=O)N(C(C)C)C1. The van der Waals surface area contributed by atoms with Crippen LogP contribution in [0.1, 0.15) is 34.1 Å². The van der Waals surface area contributed by atoms with Crippen LogP contribution in [-0.4, -0.2) is 47.9 Å². The largest absolute Gasteiger partial charge is 0.467 e. The summed E-state index contributed by atoms with van der Waals surface area (Å²) < 4.78 is 4.63. The van der Waals surface area contributed by atoms with Crippen LogP contribution in [0.15, 0.2) is 0 Å². The van der Waals surface area contributed by atoms with E-state index < -0.39 is 17.4 Å². The summed E-state index contributed by atoms with van der Waals surface area (Å²) in [6, 6.07) is 0.0823. The summed E-state index contributed by atoms with van der Waals surface area (Å²) in [4.78, 5) is 37.0. The maximum atomic E-state index is 12.1. The highest BCUT2D eigenvalue weighted by atomic mass is 16.5. The number of esters is 1. The minimum atomic E-state index is -1.08. The summed E-state index contributed by atoms with van der Waals surface area (Å²) in [5.74, 6) is -1.22. The van der Waals surface area contributed by atoms with Crippen LogP contribution in [0, 0.1) is 5.92 Å². The average molecular weight is 270 g/mol. The molecule has 1 heterocycles.